The van der Waals surface area contributed by atoms with E-state index in [9.17, 15) is 34.5 Å². The first-order valence-electron chi connectivity index (χ1n) is 30.6. The molecule has 6 atom stereocenters. The summed E-state index contributed by atoms with van der Waals surface area (Å²) in [6, 6.07) is 0. The van der Waals surface area contributed by atoms with E-state index in [2.05, 4.69) is 87.6 Å². The van der Waals surface area contributed by atoms with Crippen LogP contribution in [-0.4, -0.2) is 89.2 Å². The van der Waals surface area contributed by atoms with Crippen LogP contribution in [0.5, 0.6) is 0 Å². The summed E-state index contributed by atoms with van der Waals surface area (Å²) in [4.78, 5) is 51.1. The minimum atomic E-state index is -1.93. The molecule has 0 saturated carbocycles. The molecule has 0 bridgehead atoms. The molecule has 3 N–H and O–H groups in total. The highest BCUT2D eigenvalue weighted by Gasteiger charge is 2.50. The van der Waals surface area contributed by atoms with Crippen LogP contribution in [0.3, 0.4) is 0 Å². The van der Waals surface area contributed by atoms with Gasteiger partial charge in [0.25, 0.3) is 0 Å². The lowest BCUT2D eigenvalue weighted by atomic mass is 9.98. The molecule has 77 heavy (non-hydrogen) atoms. The molecule has 0 aromatic rings. The number of rotatable bonds is 51. The Labute approximate surface area is 467 Å². The topological polar surface area (TPSA) is 175 Å². The number of carboxylic acid groups (broad SMARTS) is 1. The van der Waals surface area contributed by atoms with Gasteiger partial charge in [-0.2, -0.15) is 0 Å². The number of ether oxygens (including phenoxy) is 5. The number of aliphatic hydroxyl groups excluding tert-OH is 2. The molecule has 1 fully saturated rings. The zero-order valence-electron chi connectivity index (χ0n) is 48.4. The summed E-state index contributed by atoms with van der Waals surface area (Å²) in [7, 11) is 0. The molecular formula is C65H108O12. The molecule has 1 rings (SSSR count). The minimum Gasteiger partial charge on any atom is -0.479 e. The average Bonchev–Trinajstić information content (AvgIpc) is 3.42. The van der Waals surface area contributed by atoms with Crippen LogP contribution in [0.4, 0.5) is 0 Å². The Morgan fingerprint density at radius 1 is 0.442 bits per heavy atom. The maximum atomic E-state index is 13.2. The highest BCUT2D eigenvalue weighted by Crippen LogP contribution is 2.26. The van der Waals surface area contributed by atoms with Gasteiger partial charge in [0.1, 0.15) is 18.8 Å². The van der Waals surface area contributed by atoms with E-state index in [1.54, 1.807) is 0 Å². The van der Waals surface area contributed by atoms with Crippen LogP contribution in [-0.2, 0) is 42.9 Å². The Morgan fingerprint density at radius 2 is 0.844 bits per heavy atom. The monoisotopic (exact) mass is 1080 g/mol. The summed E-state index contributed by atoms with van der Waals surface area (Å²) in [5.41, 5.74) is 0. The number of aliphatic hydroxyl groups is 2. The van der Waals surface area contributed by atoms with Gasteiger partial charge in [-0.25, -0.2) is 4.79 Å². The average molecular weight is 1080 g/mol. The van der Waals surface area contributed by atoms with Crippen molar-refractivity contribution in [3.63, 3.8) is 0 Å². The summed E-state index contributed by atoms with van der Waals surface area (Å²) < 4.78 is 28.4. The molecule has 0 aromatic carbocycles. The minimum absolute atomic E-state index is 0.0635. The summed E-state index contributed by atoms with van der Waals surface area (Å²) >= 11 is 0. The lowest BCUT2D eigenvalue weighted by Crippen LogP contribution is -2.61. The summed E-state index contributed by atoms with van der Waals surface area (Å²) in [6.45, 7) is 5.81. The fraction of sp³-hybridized carbons (Fsp3) is 0.723. The number of hydrogen-bond acceptors (Lipinski definition) is 11. The van der Waals surface area contributed by atoms with Gasteiger partial charge < -0.3 is 39.0 Å². The Morgan fingerprint density at radius 3 is 1.32 bits per heavy atom. The van der Waals surface area contributed by atoms with Gasteiger partial charge in [-0.1, -0.05) is 234 Å². The van der Waals surface area contributed by atoms with Gasteiger partial charge in [-0.3, -0.25) is 14.4 Å². The van der Waals surface area contributed by atoms with Crippen molar-refractivity contribution >= 4 is 23.9 Å². The molecular weight excluding hydrogens is 973 g/mol. The van der Waals surface area contributed by atoms with Crippen molar-refractivity contribution in [3.8, 4) is 0 Å². The number of carboxylic acids is 1. The molecule has 1 heterocycles. The van der Waals surface area contributed by atoms with E-state index in [-0.39, 0.29) is 25.9 Å². The molecule has 0 aliphatic carbocycles. The molecule has 1 saturated heterocycles. The summed E-state index contributed by atoms with van der Waals surface area (Å²) in [6.07, 6.45) is 55.7. The number of carbonyl (C=O) groups is 4. The molecule has 0 radical (unpaired) electrons. The summed E-state index contributed by atoms with van der Waals surface area (Å²) in [5.74, 6) is -3.24. The van der Waals surface area contributed by atoms with E-state index < -0.39 is 67.3 Å². The van der Waals surface area contributed by atoms with Gasteiger partial charge in [-0.05, 0) is 83.5 Å². The molecule has 12 nitrogen and oxygen atoms in total. The number of allylic oxidation sites excluding steroid dienone is 14. The van der Waals surface area contributed by atoms with E-state index in [0.717, 1.165) is 89.9 Å². The van der Waals surface area contributed by atoms with Gasteiger partial charge in [0.05, 0.1) is 6.61 Å². The van der Waals surface area contributed by atoms with Gasteiger partial charge in [-0.15, -0.1) is 0 Å². The summed E-state index contributed by atoms with van der Waals surface area (Å²) in [5, 5.41) is 31.5. The molecule has 6 unspecified atom stereocenters. The maximum Gasteiger partial charge on any atom is 0.335 e. The van der Waals surface area contributed by atoms with Crippen molar-refractivity contribution in [1.29, 1.82) is 0 Å². The first kappa shape index (κ1) is 70.9. The second-order valence-electron chi connectivity index (χ2n) is 20.6. The maximum absolute atomic E-state index is 13.2. The predicted molar refractivity (Wildman–Crippen MR) is 312 cm³/mol. The van der Waals surface area contributed by atoms with E-state index in [1.165, 1.54) is 96.3 Å². The Balaban J connectivity index is 2.71. The van der Waals surface area contributed by atoms with Crippen LogP contribution in [0.15, 0.2) is 85.1 Å². The van der Waals surface area contributed by atoms with Gasteiger partial charge in [0, 0.05) is 19.3 Å². The van der Waals surface area contributed by atoms with Crippen molar-refractivity contribution in [2.75, 3.05) is 13.2 Å². The molecule has 1 aliphatic rings. The fourth-order valence-corrected chi connectivity index (χ4v) is 8.80. The SMILES string of the molecule is CC/C=C\C/C=C\C/C=C\C/C=C\CCC(=O)OC1C(OCC(COC(=O)CCCCCCCC/C=C\C/C=C\C/C=C\CCCCC)OC(=O)CCCCCCCCCCCCCCCCC)OC(C(=O)O)C(O)C1O. The number of carbonyl (C=O) groups excluding carboxylic acids is 3. The quantitative estimate of drug-likeness (QED) is 0.0228. The zero-order valence-corrected chi connectivity index (χ0v) is 48.4. The van der Waals surface area contributed by atoms with Crippen LogP contribution in [0.25, 0.3) is 0 Å². The molecule has 12 heteroatoms. The van der Waals surface area contributed by atoms with E-state index >= 15 is 0 Å². The fourth-order valence-electron chi connectivity index (χ4n) is 8.80. The highest BCUT2D eigenvalue weighted by atomic mass is 16.7. The third-order valence-corrected chi connectivity index (χ3v) is 13.5. The van der Waals surface area contributed by atoms with Crippen LogP contribution >= 0.6 is 0 Å². The normalized spacial score (nSPS) is 18.6. The Bertz CT molecular complexity index is 1660. The molecule has 0 amide bonds. The first-order valence-corrected chi connectivity index (χ1v) is 30.6. The van der Waals surface area contributed by atoms with Crippen LogP contribution in [0.2, 0.25) is 0 Å². The second-order valence-corrected chi connectivity index (χ2v) is 20.6. The Hall–Kier alpha value is -4.10. The van der Waals surface area contributed by atoms with Crippen LogP contribution in [0, 0.1) is 0 Å². The standard InChI is InChI=1S/C65H108O12/c1-4-7-10-13-16-19-22-25-27-28-29-30-32-34-36-39-42-45-48-51-57(66)73-54-56(75-58(67)52-49-46-43-40-38-35-31-26-23-20-17-14-11-8-5-2)55-74-65-63(61(70)60(69)62(77-65)64(71)72)76-59(68)53-50-47-44-41-37-33-24-21-18-15-12-9-6-3/h9,12,16,18-19,21,25,27,29-30,33,37,44,47,56,60-63,65,69-70H,4-8,10-11,13-15,17,20,22-24,26,28,31-32,34-36,38-43,45-46,48-55H2,1-3H3,(H,71,72)/b12-9-,19-16-,21-18-,27-25-,30-29-,37-33-,47-44-. The van der Waals surface area contributed by atoms with Gasteiger partial charge >= 0.3 is 23.9 Å². The van der Waals surface area contributed by atoms with Gasteiger partial charge in [0.15, 0.2) is 24.6 Å². The van der Waals surface area contributed by atoms with Crippen molar-refractivity contribution in [1.82, 2.24) is 0 Å². The molecule has 0 spiro atoms. The van der Waals surface area contributed by atoms with Crippen molar-refractivity contribution in [2.45, 2.75) is 289 Å². The predicted octanol–water partition coefficient (Wildman–Crippen LogP) is 15.9. The van der Waals surface area contributed by atoms with Crippen molar-refractivity contribution in [2.24, 2.45) is 0 Å². The highest BCUT2D eigenvalue weighted by molar-refractivity contribution is 5.74. The molecule has 440 valence electrons. The number of aliphatic carboxylic acids is 1. The van der Waals surface area contributed by atoms with E-state index in [0.29, 0.717) is 25.7 Å². The molecule has 1 aliphatic heterocycles. The van der Waals surface area contributed by atoms with Crippen molar-refractivity contribution < 1.29 is 58.2 Å². The first-order chi connectivity index (χ1) is 37.6. The largest absolute Gasteiger partial charge is 0.479 e. The van der Waals surface area contributed by atoms with E-state index in [1.807, 2.05) is 18.2 Å². The number of hydrogen-bond donors (Lipinski definition) is 3. The van der Waals surface area contributed by atoms with Crippen molar-refractivity contribution in [3.05, 3.63) is 85.1 Å². The smallest absolute Gasteiger partial charge is 0.335 e. The number of unbranched alkanes of at least 4 members (excludes halogenated alkanes) is 23. The second kappa shape index (κ2) is 52.6. The van der Waals surface area contributed by atoms with Crippen LogP contribution < -0.4 is 0 Å². The third kappa shape index (κ3) is 42.5. The lowest BCUT2D eigenvalue weighted by Gasteiger charge is -2.40. The number of esters is 3. The van der Waals surface area contributed by atoms with E-state index in [4.69, 9.17) is 23.7 Å². The van der Waals surface area contributed by atoms with Crippen LogP contribution in [0.1, 0.15) is 252 Å². The lowest BCUT2D eigenvalue weighted by molar-refractivity contribution is -0.301. The van der Waals surface area contributed by atoms with Gasteiger partial charge in [0.2, 0.25) is 0 Å². The third-order valence-electron chi connectivity index (χ3n) is 13.5. The Kier molecular flexibility index (Phi) is 48.4. The molecule has 0 aromatic heterocycles. The zero-order chi connectivity index (χ0) is 56.1.